The van der Waals surface area contributed by atoms with Gasteiger partial charge in [0.15, 0.2) is 5.65 Å². The SMILES string of the molecule is CNC1CCCN(CC(=O)N2CCN(c3ncnc4c3cnn4C)CC2)C1.Cl.Cl. The van der Waals surface area contributed by atoms with Gasteiger partial charge in [0.05, 0.1) is 18.1 Å². The van der Waals surface area contributed by atoms with Crippen molar-refractivity contribution in [2.75, 3.05) is 57.8 Å². The highest BCUT2D eigenvalue weighted by Gasteiger charge is 2.26. The third-order valence-electron chi connectivity index (χ3n) is 5.71. The number of piperidine rings is 1. The van der Waals surface area contributed by atoms with Gasteiger partial charge in [-0.3, -0.25) is 14.4 Å². The number of nitrogens with zero attached hydrogens (tertiary/aromatic N) is 7. The van der Waals surface area contributed by atoms with Crippen LogP contribution >= 0.6 is 24.8 Å². The third-order valence-corrected chi connectivity index (χ3v) is 5.71. The van der Waals surface area contributed by atoms with E-state index in [4.69, 9.17) is 0 Å². The van der Waals surface area contributed by atoms with Crippen LogP contribution in [0.1, 0.15) is 12.8 Å². The number of amides is 1. The second-order valence-corrected chi connectivity index (χ2v) is 7.43. The first-order valence-corrected chi connectivity index (χ1v) is 9.70. The highest BCUT2D eigenvalue weighted by atomic mass is 35.5. The fraction of sp³-hybridized carbons (Fsp3) is 0.667. The Labute approximate surface area is 183 Å². The van der Waals surface area contributed by atoms with Crippen molar-refractivity contribution >= 4 is 47.6 Å². The molecule has 4 heterocycles. The number of aryl methyl sites for hydroxylation is 1. The zero-order valence-corrected chi connectivity index (χ0v) is 18.6. The van der Waals surface area contributed by atoms with Crippen LogP contribution in [0, 0.1) is 0 Å². The Morgan fingerprint density at radius 2 is 1.93 bits per heavy atom. The van der Waals surface area contributed by atoms with Crippen LogP contribution in [0.15, 0.2) is 12.5 Å². The number of rotatable bonds is 4. The predicted octanol–water partition coefficient (Wildman–Crippen LogP) is 0.539. The number of likely N-dealkylation sites (tertiary alicyclic amines) is 1. The van der Waals surface area contributed by atoms with Gasteiger partial charge in [0, 0.05) is 45.8 Å². The van der Waals surface area contributed by atoms with Gasteiger partial charge in [0.2, 0.25) is 5.91 Å². The molecule has 0 bridgehead atoms. The normalized spacial score (nSPS) is 20.3. The van der Waals surface area contributed by atoms with Crippen molar-refractivity contribution in [2.24, 2.45) is 7.05 Å². The molecular formula is C18H30Cl2N8O. The molecule has 2 aliphatic heterocycles. The molecule has 2 aromatic rings. The van der Waals surface area contributed by atoms with Gasteiger partial charge in [-0.1, -0.05) is 0 Å². The quantitative estimate of drug-likeness (QED) is 0.736. The molecule has 1 N–H and O–H groups in total. The Morgan fingerprint density at radius 1 is 1.17 bits per heavy atom. The highest BCUT2D eigenvalue weighted by Crippen LogP contribution is 2.23. The Hall–Kier alpha value is -1.68. The molecule has 1 atom stereocenters. The summed E-state index contributed by atoms with van der Waals surface area (Å²) in [5.74, 6) is 1.15. The summed E-state index contributed by atoms with van der Waals surface area (Å²) in [7, 11) is 3.89. The summed E-state index contributed by atoms with van der Waals surface area (Å²) in [6, 6.07) is 0.503. The van der Waals surface area contributed by atoms with Gasteiger partial charge in [-0.05, 0) is 26.4 Å². The zero-order chi connectivity index (χ0) is 18.8. The minimum atomic E-state index is 0. The number of nitrogens with one attached hydrogen (secondary N) is 1. The molecule has 0 aliphatic carbocycles. The maximum absolute atomic E-state index is 12.7. The van der Waals surface area contributed by atoms with Crippen molar-refractivity contribution in [3.05, 3.63) is 12.5 Å². The first kappa shape index (κ1) is 23.6. The van der Waals surface area contributed by atoms with E-state index in [0.29, 0.717) is 12.6 Å². The van der Waals surface area contributed by atoms with E-state index in [1.54, 1.807) is 11.0 Å². The highest BCUT2D eigenvalue weighted by molar-refractivity contribution is 5.87. The maximum Gasteiger partial charge on any atom is 0.236 e. The van der Waals surface area contributed by atoms with Crippen LogP contribution in [-0.4, -0.2) is 94.4 Å². The first-order chi connectivity index (χ1) is 13.2. The van der Waals surface area contributed by atoms with Crippen LogP contribution in [0.4, 0.5) is 5.82 Å². The maximum atomic E-state index is 12.7. The lowest BCUT2D eigenvalue weighted by Crippen LogP contribution is -2.53. The molecule has 0 saturated carbocycles. The first-order valence-electron chi connectivity index (χ1n) is 9.70. The second kappa shape index (κ2) is 10.4. The average molecular weight is 445 g/mol. The summed E-state index contributed by atoms with van der Waals surface area (Å²) in [5.41, 5.74) is 0.836. The number of hydrogen-bond acceptors (Lipinski definition) is 7. The number of halogens is 2. The molecule has 2 aliphatic rings. The van der Waals surface area contributed by atoms with Crippen molar-refractivity contribution < 1.29 is 4.79 Å². The van der Waals surface area contributed by atoms with E-state index in [-0.39, 0.29) is 30.7 Å². The number of carbonyl (C=O) groups is 1. The van der Waals surface area contributed by atoms with Crippen molar-refractivity contribution in [1.82, 2.24) is 34.9 Å². The fourth-order valence-corrected chi connectivity index (χ4v) is 4.10. The van der Waals surface area contributed by atoms with E-state index in [1.165, 1.54) is 6.42 Å². The van der Waals surface area contributed by atoms with Crippen LogP contribution in [-0.2, 0) is 11.8 Å². The van der Waals surface area contributed by atoms with E-state index in [2.05, 4.69) is 30.2 Å². The van der Waals surface area contributed by atoms with E-state index >= 15 is 0 Å². The number of aromatic nitrogens is 4. The Kier molecular flexibility index (Phi) is 8.45. The van der Waals surface area contributed by atoms with Gasteiger partial charge in [-0.25, -0.2) is 9.97 Å². The number of piperazine rings is 1. The van der Waals surface area contributed by atoms with Gasteiger partial charge >= 0.3 is 0 Å². The van der Waals surface area contributed by atoms with E-state index in [0.717, 1.165) is 62.5 Å². The number of carbonyl (C=O) groups excluding carboxylic acids is 1. The van der Waals surface area contributed by atoms with E-state index in [1.807, 2.05) is 25.2 Å². The summed E-state index contributed by atoms with van der Waals surface area (Å²) in [6.45, 7) is 5.53. The van der Waals surface area contributed by atoms with Gasteiger partial charge in [-0.2, -0.15) is 5.10 Å². The minimum Gasteiger partial charge on any atom is -0.352 e. The topological polar surface area (TPSA) is 82.4 Å². The second-order valence-electron chi connectivity index (χ2n) is 7.43. The molecule has 2 saturated heterocycles. The molecule has 11 heteroatoms. The van der Waals surface area contributed by atoms with Gasteiger partial charge in [0.25, 0.3) is 0 Å². The molecule has 4 rings (SSSR count). The van der Waals surface area contributed by atoms with Crippen LogP contribution < -0.4 is 10.2 Å². The van der Waals surface area contributed by atoms with Crippen molar-refractivity contribution in [1.29, 1.82) is 0 Å². The smallest absolute Gasteiger partial charge is 0.236 e. The van der Waals surface area contributed by atoms with Crippen LogP contribution in [0.3, 0.4) is 0 Å². The third kappa shape index (κ3) is 5.09. The number of hydrogen-bond donors (Lipinski definition) is 1. The monoisotopic (exact) mass is 444 g/mol. The Morgan fingerprint density at radius 3 is 2.66 bits per heavy atom. The lowest BCUT2D eigenvalue weighted by molar-refractivity contribution is -0.133. The number of anilines is 1. The summed E-state index contributed by atoms with van der Waals surface area (Å²) in [4.78, 5) is 28.0. The number of fused-ring (bicyclic) bond motifs is 1. The van der Waals surface area contributed by atoms with Crippen LogP contribution in [0.2, 0.25) is 0 Å². The van der Waals surface area contributed by atoms with Crippen LogP contribution in [0.5, 0.6) is 0 Å². The van der Waals surface area contributed by atoms with Crippen molar-refractivity contribution in [3.63, 3.8) is 0 Å². The Bertz CT molecular complexity index is 808. The molecule has 2 aromatic heterocycles. The zero-order valence-electron chi connectivity index (χ0n) is 17.0. The minimum absolute atomic E-state index is 0. The predicted molar refractivity (Wildman–Crippen MR) is 118 cm³/mol. The molecule has 2 fully saturated rings. The van der Waals surface area contributed by atoms with Gasteiger partial charge in [0.1, 0.15) is 12.1 Å². The summed E-state index contributed by atoms with van der Waals surface area (Å²) >= 11 is 0. The molecule has 0 spiro atoms. The molecule has 0 aromatic carbocycles. The van der Waals surface area contributed by atoms with Crippen molar-refractivity contribution in [2.45, 2.75) is 18.9 Å². The molecule has 9 nitrogen and oxygen atoms in total. The molecule has 162 valence electrons. The summed E-state index contributed by atoms with van der Waals surface area (Å²) in [6.07, 6.45) is 5.76. The van der Waals surface area contributed by atoms with Gasteiger partial charge in [-0.15, -0.1) is 24.8 Å². The summed E-state index contributed by atoms with van der Waals surface area (Å²) in [5, 5.41) is 8.58. The van der Waals surface area contributed by atoms with Crippen molar-refractivity contribution in [3.8, 4) is 0 Å². The fourth-order valence-electron chi connectivity index (χ4n) is 4.10. The van der Waals surface area contributed by atoms with Gasteiger partial charge < -0.3 is 15.1 Å². The van der Waals surface area contributed by atoms with E-state index in [9.17, 15) is 4.79 Å². The Balaban J connectivity index is 0.00000150. The molecule has 1 amide bonds. The number of likely N-dealkylation sites (N-methyl/N-ethyl adjacent to an activating group) is 1. The average Bonchev–Trinajstić information content (AvgIpc) is 3.09. The largest absolute Gasteiger partial charge is 0.352 e. The lowest BCUT2D eigenvalue weighted by Gasteiger charge is -2.37. The van der Waals surface area contributed by atoms with Crippen LogP contribution in [0.25, 0.3) is 11.0 Å². The molecular weight excluding hydrogens is 415 g/mol. The molecule has 29 heavy (non-hydrogen) atoms. The van der Waals surface area contributed by atoms with E-state index < -0.39 is 0 Å². The summed E-state index contributed by atoms with van der Waals surface area (Å²) < 4.78 is 1.76. The lowest BCUT2D eigenvalue weighted by atomic mass is 10.1. The standard InChI is InChI=1S/C18H28N8O.2ClH/c1-19-14-4-3-5-24(11-14)12-16(27)25-6-8-26(9-7-25)18-15-10-22-23(2)17(15)20-13-21-18;;/h10,13-14,19H,3-9,11-12H2,1-2H3;2*1H. The molecule has 1 unspecified atom stereocenters. The molecule has 0 radical (unpaired) electrons.